The molecule has 0 aromatic carbocycles. The Kier molecular flexibility index (Phi) is 3.97. The Balaban J connectivity index is 2.50. The molecule has 1 heterocycles. The van der Waals surface area contributed by atoms with Gasteiger partial charge < -0.3 is 5.32 Å². The van der Waals surface area contributed by atoms with Crippen molar-refractivity contribution in [1.29, 1.82) is 0 Å². The molecular weight excluding hydrogens is 216 g/mol. The van der Waals surface area contributed by atoms with Crippen molar-refractivity contribution in [3.8, 4) is 0 Å². The van der Waals surface area contributed by atoms with Gasteiger partial charge in [-0.05, 0) is 26.2 Å². The van der Waals surface area contributed by atoms with E-state index in [1.165, 1.54) is 4.90 Å². The van der Waals surface area contributed by atoms with Gasteiger partial charge in [-0.25, -0.2) is 0 Å². The number of hydrogen-bond donors (Lipinski definition) is 1. The Bertz CT molecular complexity index is 296. The third-order valence-electron chi connectivity index (χ3n) is 2.85. The molecule has 0 unspecified atom stereocenters. The van der Waals surface area contributed by atoms with Gasteiger partial charge in [0.15, 0.2) is 0 Å². The van der Waals surface area contributed by atoms with Crippen LogP contribution in [0.25, 0.3) is 0 Å². The molecule has 0 aromatic heterocycles. The minimum absolute atomic E-state index is 0.0150. The van der Waals surface area contributed by atoms with Gasteiger partial charge in [0.25, 0.3) is 0 Å². The average Bonchev–Trinajstić information content (AvgIpc) is 2.06. The highest BCUT2D eigenvalue weighted by Crippen LogP contribution is 2.31. The molecule has 0 aliphatic carbocycles. The highest BCUT2D eigenvalue weighted by Gasteiger charge is 2.36. The molecule has 0 atom stereocenters. The van der Waals surface area contributed by atoms with E-state index >= 15 is 0 Å². The predicted molar refractivity (Wildman–Crippen MR) is 67.5 cm³/mol. The van der Waals surface area contributed by atoms with Gasteiger partial charge in [-0.2, -0.15) is 0 Å². The number of carbonyl (C=O) groups excluding carboxylic acids is 2. The molecule has 98 valence electrons. The summed E-state index contributed by atoms with van der Waals surface area (Å²) in [5.41, 5.74) is -0.163. The maximum absolute atomic E-state index is 11.9. The Morgan fingerprint density at radius 1 is 1.18 bits per heavy atom. The lowest BCUT2D eigenvalue weighted by Gasteiger charge is -2.35. The third-order valence-corrected chi connectivity index (χ3v) is 2.85. The van der Waals surface area contributed by atoms with Crippen LogP contribution in [0.3, 0.4) is 0 Å². The fourth-order valence-corrected chi connectivity index (χ4v) is 2.00. The van der Waals surface area contributed by atoms with Gasteiger partial charge in [-0.3, -0.25) is 14.5 Å². The zero-order chi connectivity index (χ0) is 13.3. The Labute approximate surface area is 104 Å². The molecule has 1 aliphatic rings. The molecule has 1 N–H and O–H groups in total. The summed E-state index contributed by atoms with van der Waals surface area (Å²) in [6.07, 6.45) is 0.933. The van der Waals surface area contributed by atoms with Crippen molar-refractivity contribution in [3.05, 3.63) is 0 Å². The van der Waals surface area contributed by atoms with E-state index in [9.17, 15) is 9.59 Å². The van der Waals surface area contributed by atoms with E-state index in [-0.39, 0.29) is 22.8 Å². The average molecular weight is 240 g/mol. The fraction of sp³-hybridized carbons (Fsp3) is 0.846. The molecule has 1 rings (SSSR count). The Morgan fingerprint density at radius 2 is 1.65 bits per heavy atom. The fourth-order valence-electron chi connectivity index (χ4n) is 2.00. The van der Waals surface area contributed by atoms with Crippen LogP contribution in [0.15, 0.2) is 0 Å². The highest BCUT2D eigenvalue weighted by molar-refractivity contribution is 5.98. The summed E-state index contributed by atoms with van der Waals surface area (Å²) < 4.78 is 0. The number of piperidine rings is 1. The first-order valence-corrected chi connectivity index (χ1v) is 6.19. The maximum Gasteiger partial charge on any atom is 0.229 e. The second-order valence-corrected chi connectivity index (χ2v) is 6.63. The van der Waals surface area contributed by atoms with E-state index in [1.54, 1.807) is 0 Å². The Morgan fingerprint density at radius 3 is 2.06 bits per heavy atom. The van der Waals surface area contributed by atoms with Crippen molar-refractivity contribution in [2.75, 3.05) is 13.1 Å². The number of rotatable bonds is 3. The third kappa shape index (κ3) is 4.46. The smallest absolute Gasteiger partial charge is 0.229 e. The van der Waals surface area contributed by atoms with Crippen molar-refractivity contribution < 1.29 is 9.59 Å². The topological polar surface area (TPSA) is 49.4 Å². The van der Waals surface area contributed by atoms with Crippen LogP contribution in [0, 0.1) is 5.41 Å². The number of carbonyl (C=O) groups is 2. The summed E-state index contributed by atoms with van der Waals surface area (Å²) in [6, 6.07) is 0. The lowest BCUT2D eigenvalue weighted by Crippen LogP contribution is -2.50. The molecule has 1 saturated heterocycles. The van der Waals surface area contributed by atoms with Crippen LogP contribution in [-0.2, 0) is 9.59 Å². The molecule has 0 saturated carbocycles. The molecule has 0 radical (unpaired) electrons. The van der Waals surface area contributed by atoms with Gasteiger partial charge in [0.1, 0.15) is 0 Å². The van der Waals surface area contributed by atoms with Gasteiger partial charge in [0.2, 0.25) is 11.8 Å². The molecular formula is C13H24N2O2. The summed E-state index contributed by atoms with van der Waals surface area (Å²) in [4.78, 5) is 25.1. The minimum atomic E-state index is -0.178. The van der Waals surface area contributed by atoms with Gasteiger partial charge >= 0.3 is 0 Å². The predicted octanol–water partition coefficient (Wildman–Crippen LogP) is 1.55. The van der Waals surface area contributed by atoms with Gasteiger partial charge in [0.05, 0.1) is 0 Å². The molecule has 4 nitrogen and oxygen atoms in total. The zero-order valence-electron chi connectivity index (χ0n) is 11.6. The Hall–Kier alpha value is -0.900. The van der Waals surface area contributed by atoms with Crippen LogP contribution in [0.2, 0.25) is 0 Å². The van der Waals surface area contributed by atoms with E-state index in [1.807, 2.05) is 13.8 Å². The largest absolute Gasteiger partial charge is 0.310 e. The van der Waals surface area contributed by atoms with Gasteiger partial charge in [-0.1, -0.05) is 13.8 Å². The number of imide groups is 1. The number of nitrogens with zero attached hydrogens (tertiary/aromatic N) is 1. The number of likely N-dealkylation sites (tertiary alicyclic amines) is 1. The first-order valence-electron chi connectivity index (χ1n) is 6.19. The molecule has 2 amide bonds. The van der Waals surface area contributed by atoms with Crippen molar-refractivity contribution in [1.82, 2.24) is 10.2 Å². The van der Waals surface area contributed by atoms with Crippen LogP contribution >= 0.6 is 0 Å². The summed E-state index contributed by atoms with van der Waals surface area (Å²) in [5.74, 6) is -0.0797. The van der Waals surface area contributed by atoms with E-state index < -0.39 is 0 Å². The van der Waals surface area contributed by atoms with Crippen LogP contribution in [0.1, 0.15) is 47.5 Å². The maximum atomic E-state index is 11.9. The number of amides is 2. The standard InChI is InChI=1S/C13H24N2O2/c1-12(2,3)14-6-7-15-10(16)8-13(4,5)9-11(15)17/h14H,6-9H2,1-5H3. The van der Waals surface area contributed by atoms with Crippen LogP contribution in [0.4, 0.5) is 0 Å². The number of nitrogens with one attached hydrogen (secondary N) is 1. The summed E-state index contributed by atoms with van der Waals surface area (Å²) in [5, 5.41) is 3.28. The molecule has 0 aromatic rings. The second-order valence-electron chi connectivity index (χ2n) is 6.63. The van der Waals surface area contributed by atoms with Crippen LogP contribution in [-0.4, -0.2) is 35.3 Å². The van der Waals surface area contributed by atoms with E-state index in [4.69, 9.17) is 0 Å². The van der Waals surface area contributed by atoms with Crippen LogP contribution in [0.5, 0.6) is 0 Å². The summed E-state index contributed by atoms with van der Waals surface area (Å²) in [6.45, 7) is 11.3. The molecule has 1 aliphatic heterocycles. The molecule has 4 heteroatoms. The molecule has 0 spiro atoms. The normalized spacial score (nSPS) is 20.9. The number of hydrogen-bond acceptors (Lipinski definition) is 3. The summed E-state index contributed by atoms with van der Waals surface area (Å²) in [7, 11) is 0. The monoisotopic (exact) mass is 240 g/mol. The van der Waals surface area contributed by atoms with E-state index in [0.717, 1.165) is 0 Å². The molecule has 17 heavy (non-hydrogen) atoms. The lowest BCUT2D eigenvalue weighted by atomic mass is 9.82. The molecule has 1 fully saturated rings. The van der Waals surface area contributed by atoms with Crippen LogP contribution < -0.4 is 5.32 Å². The van der Waals surface area contributed by atoms with Crippen molar-refractivity contribution in [3.63, 3.8) is 0 Å². The van der Waals surface area contributed by atoms with Crippen molar-refractivity contribution in [2.24, 2.45) is 5.41 Å². The van der Waals surface area contributed by atoms with Gasteiger partial charge in [0, 0.05) is 31.5 Å². The van der Waals surface area contributed by atoms with Crippen molar-refractivity contribution >= 4 is 11.8 Å². The zero-order valence-corrected chi connectivity index (χ0v) is 11.6. The molecule has 0 bridgehead atoms. The summed E-state index contributed by atoms with van der Waals surface area (Å²) >= 11 is 0. The van der Waals surface area contributed by atoms with E-state index in [0.29, 0.717) is 25.9 Å². The second kappa shape index (κ2) is 4.77. The van der Waals surface area contributed by atoms with Gasteiger partial charge in [-0.15, -0.1) is 0 Å². The first kappa shape index (κ1) is 14.2. The van der Waals surface area contributed by atoms with E-state index in [2.05, 4.69) is 26.1 Å². The first-order chi connectivity index (χ1) is 7.61. The minimum Gasteiger partial charge on any atom is -0.310 e. The van der Waals surface area contributed by atoms with Crippen molar-refractivity contribution in [2.45, 2.75) is 53.0 Å². The highest BCUT2D eigenvalue weighted by atomic mass is 16.2. The quantitative estimate of drug-likeness (QED) is 0.761. The SMILES string of the molecule is CC1(C)CC(=O)N(CCNC(C)(C)C)C(=O)C1. The lowest BCUT2D eigenvalue weighted by molar-refractivity contribution is -0.152.